The van der Waals surface area contributed by atoms with E-state index < -0.39 is 0 Å². The highest BCUT2D eigenvalue weighted by Crippen LogP contribution is 2.14. The summed E-state index contributed by atoms with van der Waals surface area (Å²) in [4.78, 5) is 0. The lowest BCUT2D eigenvalue weighted by atomic mass is 10.1. The Hall–Kier alpha value is -1.54. The second-order valence-electron chi connectivity index (χ2n) is 5.15. The Balaban J connectivity index is 2.02. The van der Waals surface area contributed by atoms with Crippen molar-refractivity contribution in [3.8, 4) is 0 Å². The monoisotopic (exact) mass is 242 g/mol. The molecule has 0 fully saturated rings. The Labute approximate surface area is 110 Å². The van der Waals surface area contributed by atoms with E-state index in [1.54, 1.807) is 0 Å². The molecule has 2 aromatic rings. The first-order valence-electron chi connectivity index (χ1n) is 6.61. The molecular formula is C16H22N2. The van der Waals surface area contributed by atoms with Gasteiger partial charge in [-0.15, -0.1) is 0 Å². The Morgan fingerprint density at radius 3 is 2.44 bits per heavy atom. The predicted octanol–water partition coefficient (Wildman–Crippen LogP) is 3.60. The van der Waals surface area contributed by atoms with E-state index in [1.807, 2.05) is 0 Å². The molecule has 2 rings (SSSR count). The molecule has 1 heterocycles. The summed E-state index contributed by atoms with van der Waals surface area (Å²) in [6, 6.07) is 13.7. The largest absolute Gasteiger partial charge is 0.350 e. The predicted molar refractivity (Wildman–Crippen MR) is 76.7 cm³/mol. The maximum absolute atomic E-state index is 3.52. The van der Waals surface area contributed by atoms with Gasteiger partial charge in [-0.1, -0.05) is 44.2 Å². The third-order valence-electron chi connectivity index (χ3n) is 3.06. The van der Waals surface area contributed by atoms with Gasteiger partial charge in [-0.2, -0.15) is 0 Å². The average Bonchev–Trinajstić information content (AvgIpc) is 2.78. The molecule has 1 atom stereocenters. The summed E-state index contributed by atoms with van der Waals surface area (Å²) < 4.78 is 2.24. The number of nitrogens with zero attached hydrogens (tertiary/aromatic N) is 1. The molecule has 0 spiro atoms. The lowest BCUT2D eigenvalue weighted by Gasteiger charge is -2.15. The summed E-state index contributed by atoms with van der Waals surface area (Å²) in [6.07, 6.45) is 4.38. The average molecular weight is 242 g/mol. The normalized spacial score (nSPS) is 12.9. The first-order valence-corrected chi connectivity index (χ1v) is 6.61. The van der Waals surface area contributed by atoms with Crippen LogP contribution in [0.5, 0.6) is 0 Å². The molecule has 0 saturated heterocycles. The molecule has 18 heavy (non-hydrogen) atoms. The van der Waals surface area contributed by atoms with Crippen LogP contribution in [0.1, 0.15) is 37.9 Å². The van der Waals surface area contributed by atoms with E-state index in [2.05, 4.69) is 79.4 Å². The summed E-state index contributed by atoms with van der Waals surface area (Å²) >= 11 is 0. The van der Waals surface area contributed by atoms with Gasteiger partial charge >= 0.3 is 0 Å². The highest BCUT2D eigenvalue weighted by atomic mass is 15.0. The third-order valence-corrected chi connectivity index (χ3v) is 3.06. The molecule has 1 aromatic heterocycles. The highest BCUT2D eigenvalue weighted by Gasteiger charge is 2.07. The van der Waals surface area contributed by atoms with Crippen molar-refractivity contribution in [2.24, 2.45) is 0 Å². The number of benzene rings is 1. The molecule has 1 N–H and O–H groups in total. The van der Waals surface area contributed by atoms with Crippen molar-refractivity contribution in [1.29, 1.82) is 0 Å². The van der Waals surface area contributed by atoms with Crippen LogP contribution in [0, 0.1) is 0 Å². The van der Waals surface area contributed by atoms with Crippen molar-refractivity contribution in [3.63, 3.8) is 0 Å². The first-order chi connectivity index (χ1) is 8.65. The van der Waals surface area contributed by atoms with Crippen LogP contribution < -0.4 is 5.32 Å². The number of aromatic nitrogens is 1. The van der Waals surface area contributed by atoms with Crippen LogP contribution >= 0.6 is 0 Å². The third kappa shape index (κ3) is 3.47. The van der Waals surface area contributed by atoms with E-state index in [4.69, 9.17) is 0 Å². The smallest absolute Gasteiger partial charge is 0.0470 e. The van der Waals surface area contributed by atoms with E-state index in [1.165, 1.54) is 11.1 Å². The molecule has 0 bridgehead atoms. The van der Waals surface area contributed by atoms with E-state index in [0.717, 1.165) is 6.54 Å². The fraction of sp³-hybridized carbons (Fsp3) is 0.375. The lowest BCUT2D eigenvalue weighted by Crippen LogP contribution is -2.25. The van der Waals surface area contributed by atoms with E-state index >= 15 is 0 Å². The van der Waals surface area contributed by atoms with Crippen LogP contribution in [0.2, 0.25) is 0 Å². The molecule has 0 aliphatic heterocycles. The summed E-state index contributed by atoms with van der Waals surface area (Å²) in [7, 11) is 0. The molecule has 2 heteroatoms. The summed E-state index contributed by atoms with van der Waals surface area (Å²) in [6.45, 7) is 7.51. The van der Waals surface area contributed by atoms with Crippen molar-refractivity contribution in [2.75, 3.05) is 0 Å². The zero-order valence-electron chi connectivity index (χ0n) is 11.4. The molecule has 0 aliphatic carbocycles. The minimum atomic E-state index is 0.405. The maximum atomic E-state index is 3.52. The van der Waals surface area contributed by atoms with Crippen LogP contribution in [0.25, 0.3) is 0 Å². The van der Waals surface area contributed by atoms with Gasteiger partial charge in [-0.3, -0.25) is 0 Å². The Kier molecular flexibility index (Phi) is 4.21. The number of hydrogen-bond acceptors (Lipinski definition) is 1. The fourth-order valence-corrected chi connectivity index (χ4v) is 2.20. The van der Waals surface area contributed by atoms with Crippen LogP contribution in [0.15, 0.2) is 48.8 Å². The minimum Gasteiger partial charge on any atom is -0.350 e. The minimum absolute atomic E-state index is 0.405. The van der Waals surface area contributed by atoms with Crippen molar-refractivity contribution in [3.05, 3.63) is 59.9 Å². The van der Waals surface area contributed by atoms with Crippen LogP contribution in [0.3, 0.4) is 0 Å². The first kappa shape index (κ1) is 12.9. The van der Waals surface area contributed by atoms with Gasteiger partial charge < -0.3 is 9.88 Å². The van der Waals surface area contributed by atoms with E-state index in [-0.39, 0.29) is 0 Å². The standard InChI is InChI=1S/C16H22N2/c1-13(2)17-14(3)16-9-10-18(12-16)11-15-7-5-4-6-8-15/h4-10,12-14,17H,11H2,1-3H3. The van der Waals surface area contributed by atoms with Crippen LogP contribution in [-0.2, 0) is 6.54 Å². The quantitative estimate of drug-likeness (QED) is 0.847. The van der Waals surface area contributed by atoms with Gasteiger partial charge in [0.15, 0.2) is 0 Å². The number of rotatable bonds is 5. The fourth-order valence-electron chi connectivity index (χ4n) is 2.20. The van der Waals surface area contributed by atoms with Gasteiger partial charge in [-0.05, 0) is 24.1 Å². The van der Waals surface area contributed by atoms with Gasteiger partial charge in [0, 0.05) is 31.0 Å². The van der Waals surface area contributed by atoms with Gasteiger partial charge in [-0.25, -0.2) is 0 Å². The van der Waals surface area contributed by atoms with Gasteiger partial charge in [0.1, 0.15) is 0 Å². The highest BCUT2D eigenvalue weighted by molar-refractivity contribution is 5.19. The molecule has 0 radical (unpaired) electrons. The number of nitrogens with one attached hydrogen (secondary N) is 1. The summed E-state index contributed by atoms with van der Waals surface area (Å²) in [5.41, 5.74) is 2.68. The maximum Gasteiger partial charge on any atom is 0.0470 e. The van der Waals surface area contributed by atoms with Gasteiger partial charge in [0.25, 0.3) is 0 Å². The van der Waals surface area contributed by atoms with E-state index in [9.17, 15) is 0 Å². The van der Waals surface area contributed by atoms with Crippen LogP contribution in [0.4, 0.5) is 0 Å². The van der Waals surface area contributed by atoms with Crippen molar-refractivity contribution >= 4 is 0 Å². The Morgan fingerprint density at radius 2 is 1.78 bits per heavy atom. The Morgan fingerprint density at radius 1 is 1.06 bits per heavy atom. The molecule has 1 unspecified atom stereocenters. The topological polar surface area (TPSA) is 17.0 Å². The van der Waals surface area contributed by atoms with Crippen molar-refractivity contribution < 1.29 is 0 Å². The molecule has 96 valence electrons. The zero-order chi connectivity index (χ0) is 13.0. The van der Waals surface area contributed by atoms with Crippen LogP contribution in [-0.4, -0.2) is 10.6 Å². The molecule has 0 saturated carbocycles. The van der Waals surface area contributed by atoms with E-state index in [0.29, 0.717) is 12.1 Å². The van der Waals surface area contributed by atoms with Gasteiger partial charge in [0.2, 0.25) is 0 Å². The SMILES string of the molecule is CC(C)NC(C)c1ccn(Cc2ccccc2)c1. The molecular weight excluding hydrogens is 220 g/mol. The molecule has 2 nitrogen and oxygen atoms in total. The van der Waals surface area contributed by atoms with Crippen molar-refractivity contribution in [2.45, 2.75) is 39.4 Å². The second kappa shape index (κ2) is 5.87. The lowest BCUT2D eigenvalue weighted by molar-refractivity contribution is 0.506. The van der Waals surface area contributed by atoms with Gasteiger partial charge in [0.05, 0.1) is 0 Å². The summed E-state index contributed by atoms with van der Waals surface area (Å²) in [5, 5.41) is 3.52. The molecule has 0 aliphatic rings. The van der Waals surface area contributed by atoms with Crippen molar-refractivity contribution in [1.82, 2.24) is 9.88 Å². The zero-order valence-corrected chi connectivity index (χ0v) is 11.4. The Bertz CT molecular complexity index is 471. The summed E-state index contributed by atoms with van der Waals surface area (Å²) in [5.74, 6) is 0. The molecule has 0 amide bonds. The second-order valence-corrected chi connectivity index (χ2v) is 5.15. The number of hydrogen-bond donors (Lipinski definition) is 1. The molecule has 1 aromatic carbocycles.